The average Bonchev–Trinajstić information content (AvgIpc) is 2.59. The molecular formula is C20H22Br2N4O. The fourth-order valence-corrected chi connectivity index (χ4v) is 3.50. The largest absolute Gasteiger partial charge is 0.387 e. The molecule has 7 heteroatoms. The predicted molar refractivity (Wildman–Crippen MR) is 121 cm³/mol. The van der Waals surface area contributed by atoms with Gasteiger partial charge in [0.2, 0.25) is 0 Å². The maximum Gasteiger partial charge on any atom is 0.323 e. The highest BCUT2D eigenvalue weighted by Crippen LogP contribution is 2.24. The molecule has 27 heavy (non-hydrogen) atoms. The second-order valence-electron chi connectivity index (χ2n) is 6.18. The first kappa shape index (κ1) is 21.2. The molecule has 0 aliphatic heterocycles. The number of nitrogens with zero attached hydrogens (tertiary/aromatic N) is 1. The quantitative estimate of drug-likeness (QED) is 0.341. The third-order valence-corrected chi connectivity index (χ3v) is 4.59. The molecule has 0 saturated carbocycles. The molecule has 2 aromatic rings. The first-order valence-electron chi connectivity index (χ1n) is 8.43. The number of hydrogen-bond acceptors (Lipinski definition) is 2. The van der Waals surface area contributed by atoms with E-state index in [1.807, 2.05) is 69.3 Å². The lowest BCUT2D eigenvalue weighted by Gasteiger charge is -2.10. The highest BCUT2D eigenvalue weighted by molar-refractivity contribution is 9.11. The van der Waals surface area contributed by atoms with Crippen molar-refractivity contribution in [2.45, 2.75) is 20.8 Å². The molecule has 4 N–H and O–H groups in total. The van der Waals surface area contributed by atoms with E-state index in [-0.39, 0.29) is 11.9 Å². The lowest BCUT2D eigenvalue weighted by atomic mass is 10.1. The first-order valence-corrected chi connectivity index (χ1v) is 10.0. The zero-order valence-corrected chi connectivity index (χ0v) is 18.6. The molecule has 2 aromatic carbocycles. The molecule has 0 aromatic heterocycles. The summed E-state index contributed by atoms with van der Waals surface area (Å²) in [6, 6.07) is 12.7. The molecule has 5 nitrogen and oxygen atoms in total. The number of carbonyl (C=O) groups is 1. The van der Waals surface area contributed by atoms with Gasteiger partial charge in [-0.15, -0.1) is 0 Å². The third kappa shape index (κ3) is 6.52. The van der Waals surface area contributed by atoms with Crippen LogP contribution in [0.2, 0.25) is 0 Å². The summed E-state index contributed by atoms with van der Waals surface area (Å²) in [7, 11) is 0. The molecular weight excluding hydrogens is 472 g/mol. The highest BCUT2D eigenvalue weighted by Gasteiger charge is 2.07. The van der Waals surface area contributed by atoms with Crippen LogP contribution in [-0.4, -0.2) is 11.9 Å². The SMILES string of the molecule is C/C=C(\N=C(N)C(C)C)c1ccc(NC(=O)Nc2cc(Br)cc(Br)c2)cc1. The van der Waals surface area contributed by atoms with Crippen molar-refractivity contribution in [3.63, 3.8) is 0 Å². The number of amides is 2. The molecule has 0 saturated heterocycles. The number of carbonyl (C=O) groups excluding carboxylic acids is 1. The van der Waals surface area contributed by atoms with Crippen LogP contribution in [0.4, 0.5) is 16.2 Å². The van der Waals surface area contributed by atoms with E-state index >= 15 is 0 Å². The highest BCUT2D eigenvalue weighted by atomic mass is 79.9. The van der Waals surface area contributed by atoms with Gasteiger partial charge in [0, 0.05) is 26.2 Å². The van der Waals surface area contributed by atoms with Gasteiger partial charge >= 0.3 is 6.03 Å². The van der Waals surface area contributed by atoms with E-state index in [0.29, 0.717) is 17.2 Å². The van der Waals surface area contributed by atoms with Gasteiger partial charge in [0.1, 0.15) is 5.84 Å². The Bertz CT molecular complexity index is 854. The van der Waals surface area contributed by atoms with Crippen molar-refractivity contribution in [3.8, 4) is 0 Å². The van der Waals surface area contributed by atoms with Gasteiger partial charge in [-0.3, -0.25) is 0 Å². The minimum Gasteiger partial charge on any atom is -0.387 e. The first-order chi connectivity index (χ1) is 12.8. The second-order valence-corrected chi connectivity index (χ2v) is 8.01. The fraction of sp³-hybridized carbons (Fsp3) is 0.200. The monoisotopic (exact) mass is 492 g/mol. The van der Waals surface area contributed by atoms with Crippen molar-refractivity contribution in [3.05, 3.63) is 63.0 Å². The molecule has 2 amide bonds. The number of amidine groups is 1. The van der Waals surface area contributed by atoms with Gasteiger partial charge in [0.25, 0.3) is 0 Å². The van der Waals surface area contributed by atoms with E-state index in [9.17, 15) is 4.79 Å². The number of hydrogen-bond donors (Lipinski definition) is 3. The van der Waals surface area contributed by atoms with Gasteiger partial charge in [0.15, 0.2) is 0 Å². The zero-order chi connectivity index (χ0) is 20.0. The predicted octanol–water partition coefficient (Wildman–Crippen LogP) is 6.23. The van der Waals surface area contributed by atoms with Crippen LogP contribution >= 0.6 is 31.9 Å². The Morgan fingerprint density at radius 3 is 2.11 bits per heavy atom. The van der Waals surface area contributed by atoms with E-state index < -0.39 is 0 Å². The number of nitrogens with one attached hydrogen (secondary N) is 2. The fourth-order valence-electron chi connectivity index (χ4n) is 2.21. The minimum absolute atomic E-state index is 0.183. The number of urea groups is 1. The van der Waals surface area contributed by atoms with Crippen LogP contribution < -0.4 is 16.4 Å². The van der Waals surface area contributed by atoms with Crippen molar-refractivity contribution in [1.29, 1.82) is 0 Å². The minimum atomic E-state index is -0.318. The van der Waals surface area contributed by atoms with Crippen LogP contribution in [0.5, 0.6) is 0 Å². The van der Waals surface area contributed by atoms with Crippen molar-refractivity contribution in [2.75, 3.05) is 10.6 Å². The number of rotatable bonds is 5. The summed E-state index contributed by atoms with van der Waals surface area (Å²) in [4.78, 5) is 16.7. The van der Waals surface area contributed by atoms with E-state index in [0.717, 1.165) is 20.2 Å². The Morgan fingerprint density at radius 2 is 1.59 bits per heavy atom. The van der Waals surface area contributed by atoms with Crippen LogP contribution in [0.3, 0.4) is 0 Å². The van der Waals surface area contributed by atoms with Gasteiger partial charge in [-0.1, -0.05) is 63.9 Å². The maximum absolute atomic E-state index is 12.2. The molecule has 0 aliphatic rings. The number of benzene rings is 2. The van der Waals surface area contributed by atoms with Crippen LogP contribution in [0.25, 0.3) is 5.70 Å². The van der Waals surface area contributed by atoms with E-state index in [1.54, 1.807) is 0 Å². The molecule has 0 fully saturated rings. The summed E-state index contributed by atoms with van der Waals surface area (Å²) in [5.74, 6) is 0.771. The molecule has 0 aliphatic carbocycles. The summed E-state index contributed by atoms with van der Waals surface area (Å²) >= 11 is 6.79. The Balaban J connectivity index is 2.06. The standard InChI is InChI=1S/C20H22Br2N4O/c1-4-18(26-19(23)12(2)3)13-5-7-16(8-6-13)24-20(27)25-17-10-14(21)9-15(22)11-17/h4-12H,1-3H3,(H2,23,26)(H2,24,25,27)/b18-4-. The van der Waals surface area contributed by atoms with Gasteiger partial charge in [-0.2, -0.15) is 0 Å². The molecule has 0 radical (unpaired) electrons. The molecule has 0 heterocycles. The Labute approximate surface area is 176 Å². The average molecular weight is 494 g/mol. The number of aliphatic imine (C=N–C) groups is 1. The van der Waals surface area contributed by atoms with Crippen LogP contribution in [-0.2, 0) is 0 Å². The molecule has 142 valence electrons. The third-order valence-electron chi connectivity index (χ3n) is 3.67. The number of nitrogens with two attached hydrogens (primary N) is 1. The normalized spacial score (nSPS) is 12.2. The Morgan fingerprint density at radius 1 is 1.04 bits per heavy atom. The Kier molecular flexibility index (Phi) is 7.62. The summed E-state index contributed by atoms with van der Waals surface area (Å²) in [6.07, 6.45) is 1.91. The number of allylic oxidation sites excluding steroid dienone is 1. The van der Waals surface area contributed by atoms with Gasteiger partial charge in [-0.05, 0) is 42.8 Å². The second kappa shape index (κ2) is 9.71. The number of halogens is 2. The Hall–Kier alpha value is -2.12. The topological polar surface area (TPSA) is 79.5 Å². The molecule has 0 bridgehead atoms. The smallest absolute Gasteiger partial charge is 0.323 e. The summed E-state index contributed by atoms with van der Waals surface area (Å²) < 4.78 is 1.74. The number of anilines is 2. The van der Waals surface area contributed by atoms with Gasteiger partial charge in [-0.25, -0.2) is 9.79 Å². The lowest BCUT2D eigenvalue weighted by Crippen LogP contribution is -2.19. The summed E-state index contributed by atoms with van der Waals surface area (Å²) in [6.45, 7) is 5.92. The van der Waals surface area contributed by atoms with Gasteiger partial charge in [0.05, 0.1) is 5.70 Å². The van der Waals surface area contributed by atoms with Crippen molar-refractivity contribution in [1.82, 2.24) is 0 Å². The van der Waals surface area contributed by atoms with Crippen LogP contribution in [0.15, 0.2) is 62.5 Å². The van der Waals surface area contributed by atoms with Crippen molar-refractivity contribution in [2.24, 2.45) is 16.6 Å². The molecule has 0 spiro atoms. The van der Waals surface area contributed by atoms with Gasteiger partial charge < -0.3 is 16.4 Å². The van der Waals surface area contributed by atoms with Crippen molar-refractivity contribution >= 4 is 60.8 Å². The molecule has 0 atom stereocenters. The zero-order valence-electron chi connectivity index (χ0n) is 15.4. The lowest BCUT2D eigenvalue weighted by molar-refractivity contribution is 0.262. The molecule has 0 unspecified atom stereocenters. The summed E-state index contributed by atoms with van der Waals surface area (Å²) in [5.41, 5.74) is 9.06. The maximum atomic E-state index is 12.2. The van der Waals surface area contributed by atoms with Crippen LogP contribution in [0.1, 0.15) is 26.3 Å². The van der Waals surface area contributed by atoms with E-state index in [2.05, 4.69) is 47.5 Å². The summed E-state index contributed by atoms with van der Waals surface area (Å²) in [5, 5.41) is 5.61. The van der Waals surface area contributed by atoms with E-state index in [1.165, 1.54) is 0 Å². The van der Waals surface area contributed by atoms with Crippen LogP contribution in [0, 0.1) is 5.92 Å². The van der Waals surface area contributed by atoms with Crippen molar-refractivity contribution < 1.29 is 4.79 Å². The van der Waals surface area contributed by atoms with E-state index in [4.69, 9.17) is 5.73 Å². The molecule has 2 rings (SSSR count).